The first-order chi connectivity index (χ1) is 7.95. The van der Waals surface area contributed by atoms with Crippen LogP contribution in [0.3, 0.4) is 0 Å². The summed E-state index contributed by atoms with van der Waals surface area (Å²) in [6.45, 7) is 1.22. The molecule has 0 unspecified atom stereocenters. The number of nitro benzene ring substituents is 1. The van der Waals surface area contributed by atoms with Crippen molar-refractivity contribution in [1.82, 2.24) is 0 Å². The monoisotopic (exact) mass is 260 g/mol. The number of nitrogens with one attached hydrogen (secondary N) is 1. The summed E-state index contributed by atoms with van der Waals surface area (Å²) in [5.41, 5.74) is -0.269. The van der Waals surface area contributed by atoms with Crippen LogP contribution in [-0.2, 0) is 11.2 Å². The Hall–Kier alpha value is -1.69. The fourth-order valence-electron chi connectivity index (χ4n) is 1.34. The van der Waals surface area contributed by atoms with Crippen molar-refractivity contribution in [3.63, 3.8) is 0 Å². The van der Waals surface area contributed by atoms with E-state index in [1.54, 1.807) is 0 Å². The van der Waals surface area contributed by atoms with Gasteiger partial charge < -0.3 is 5.32 Å². The number of aryl methyl sites for hydroxylation is 1. The molecule has 0 bridgehead atoms. The van der Waals surface area contributed by atoms with Gasteiger partial charge in [-0.2, -0.15) is 0 Å². The minimum Gasteiger partial charge on any atom is -0.321 e. The van der Waals surface area contributed by atoms with E-state index in [-0.39, 0.29) is 23.6 Å². The molecule has 1 rings (SSSR count). The molecule has 0 fully saturated rings. The number of nitrogens with zero attached hydrogens (tertiary/aromatic N) is 1. The summed E-state index contributed by atoms with van der Waals surface area (Å²) in [6.07, 6.45) is 0.234. The largest absolute Gasteiger partial charge is 0.321 e. The third kappa shape index (κ3) is 3.39. The lowest BCUT2D eigenvalue weighted by atomic mass is 10.1. The van der Waals surface area contributed by atoms with Gasteiger partial charge in [-0.25, -0.2) is 4.39 Å². The first kappa shape index (κ1) is 13.4. The molecule has 1 amide bonds. The Labute approximate surface area is 102 Å². The fraction of sp³-hybridized carbons (Fsp3) is 0.300. The number of nitro groups is 1. The molecule has 0 heterocycles. The molecule has 1 N–H and O–H groups in total. The molecule has 0 saturated carbocycles. The van der Waals surface area contributed by atoms with Crippen LogP contribution >= 0.6 is 11.6 Å². The van der Waals surface area contributed by atoms with Gasteiger partial charge in [-0.15, -0.1) is 11.6 Å². The molecule has 1 aromatic rings. The summed E-state index contributed by atoms with van der Waals surface area (Å²) in [5, 5.41) is 13.0. The average molecular weight is 261 g/mol. The molecule has 0 aliphatic carbocycles. The third-order valence-corrected chi connectivity index (χ3v) is 2.22. The zero-order chi connectivity index (χ0) is 13.0. The summed E-state index contributed by atoms with van der Waals surface area (Å²) < 4.78 is 13.4. The lowest BCUT2D eigenvalue weighted by Gasteiger charge is -2.07. The highest BCUT2D eigenvalue weighted by molar-refractivity contribution is 6.18. The van der Waals surface area contributed by atoms with E-state index < -0.39 is 22.3 Å². The van der Waals surface area contributed by atoms with Crippen LogP contribution in [0.15, 0.2) is 12.1 Å². The first-order valence-electron chi connectivity index (χ1n) is 4.76. The Morgan fingerprint density at radius 2 is 2.24 bits per heavy atom. The molecule has 0 aromatic heterocycles. The van der Waals surface area contributed by atoms with Crippen LogP contribution in [0.2, 0.25) is 0 Å². The van der Waals surface area contributed by atoms with E-state index in [9.17, 15) is 19.3 Å². The molecule has 0 aliphatic heterocycles. The van der Waals surface area contributed by atoms with Crippen LogP contribution in [0.1, 0.15) is 12.5 Å². The second kappa shape index (κ2) is 5.58. The van der Waals surface area contributed by atoms with Gasteiger partial charge >= 0.3 is 0 Å². The average Bonchev–Trinajstić information content (AvgIpc) is 2.21. The van der Waals surface area contributed by atoms with Crippen molar-refractivity contribution in [3.05, 3.63) is 33.6 Å². The molecule has 0 radical (unpaired) electrons. The summed E-state index contributed by atoms with van der Waals surface area (Å²) in [4.78, 5) is 20.8. The number of amides is 1. The van der Waals surface area contributed by atoms with Crippen molar-refractivity contribution in [2.75, 3.05) is 11.2 Å². The smallest absolute Gasteiger partial charge is 0.295 e. The van der Waals surface area contributed by atoms with Crippen LogP contribution in [0, 0.1) is 15.9 Å². The van der Waals surface area contributed by atoms with Gasteiger partial charge in [-0.05, 0) is 18.1 Å². The maximum Gasteiger partial charge on any atom is 0.295 e. The van der Waals surface area contributed by atoms with Gasteiger partial charge in [0.15, 0.2) is 0 Å². The van der Waals surface area contributed by atoms with Gasteiger partial charge in [0, 0.05) is 12.8 Å². The molecule has 1 aromatic carbocycles. The van der Waals surface area contributed by atoms with Crippen molar-refractivity contribution in [2.45, 2.75) is 13.3 Å². The van der Waals surface area contributed by atoms with E-state index in [2.05, 4.69) is 5.32 Å². The normalized spacial score (nSPS) is 10.1. The van der Waals surface area contributed by atoms with E-state index >= 15 is 0 Å². The summed E-state index contributed by atoms with van der Waals surface area (Å²) in [6, 6.07) is 2.02. The highest BCUT2D eigenvalue weighted by atomic mass is 35.5. The molecule has 7 heteroatoms. The van der Waals surface area contributed by atoms with Gasteiger partial charge in [-0.3, -0.25) is 14.9 Å². The summed E-state index contributed by atoms with van der Waals surface area (Å²) in [7, 11) is 0. The second-order valence-corrected chi connectivity index (χ2v) is 3.72. The zero-order valence-electron chi connectivity index (χ0n) is 9.00. The Morgan fingerprint density at radius 3 is 2.71 bits per heavy atom. The number of benzene rings is 1. The van der Waals surface area contributed by atoms with Crippen molar-refractivity contribution in [3.8, 4) is 0 Å². The number of hydrogen-bond acceptors (Lipinski definition) is 3. The van der Waals surface area contributed by atoms with Gasteiger partial charge in [0.1, 0.15) is 11.5 Å². The van der Waals surface area contributed by atoms with Crippen molar-refractivity contribution in [2.24, 2.45) is 0 Å². The van der Waals surface area contributed by atoms with Crippen LogP contribution < -0.4 is 5.32 Å². The second-order valence-electron chi connectivity index (χ2n) is 3.34. The molecule has 17 heavy (non-hydrogen) atoms. The van der Waals surface area contributed by atoms with Crippen molar-refractivity contribution >= 4 is 28.9 Å². The molecule has 92 valence electrons. The van der Waals surface area contributed by atoms with E-state index in [1.807, 2.05) is 0 Å². The SMILES string of the molecule is CC(=O)Nc1cc(CCCl)c(F)cc1[N+](=O)[O-]. The quantitative estimate of drug-likeness (QED) is 0.513. The predicted octanol–water partition coefficient (Wildman–Crippen LogP) is 2.47. The number of carbonyl (C=O) groups is 1. The van der Waals surface area contributed by atoms with Crippen LogP contribution in [0.25, 0.3) is 0 Å². The molecule has 0 spiro atoms. The standard InChI is InChI=1S/C10H10ClFN2O3/c1-6(15)13-9-4-7(2-3-11)8(12)5-10(9)14(16)17/h4-5H,2-3H2,1H3,(H,13,15). The van der Waals surface area contributed by atoms with Crippen LogP contribution in [0.4, 0.5) is 15.8 Å². The first-order valence-corrected chi connectivity index (χ1v) is 5.29. The van der Waals surface area contributed by atoms with Gasteiger partial charge in [0.05, 0.1) is 11.0 Å². The molecule has 0 aliphatic rings. The maximum atomic E-state index is 13.4. The zero-order valence-corrected chi connectivity index (χ0v) is 9.75. The summed E-state index contributed by atoms with van der Waals surface area (Å²) in [5.74, 6) is -0.975. The van der Waals surface area contributed by atoms with Gasteiger partial charge in [0.2, 0.25) is 5.91 Å². The minimum absolute atomic E-state index is 0.0241. The molecular formula is C10H10ClFN2O3. The maximum absolute atomic E-state index is 13.4. The van der Waals surface area contributed by atoms with E-state index in [0.717, 1.165) is 6.07 Å². The van der Waals surface area contributed by atoms with E-state index in [0.29, 0.717) is 0 Å². The number of alkyl halides is 1. The fourth-order valence-corrected chi connectivity index (χ4v) is 1.55. The highest BCUT2D eigenvalue weighted by Crippen LogP contribution is 2.28. The predicted molar refractivity (Wildman–Crippen MR) is 61.8 cm³/mol. The lowest BCUT2D eigenvalue weighted by Crippen LogP contribution is -2.09. The number of hydrogen-bond donors (Lipinski definition) is 1. The number of rotatable bonds is 4. The summed E-state index contributed by atoms with van der Waals surface area (Å²) >= 11 is 5.48. The molecular weight excluding hydrogens is 251 g/mol. The van der Waals surface area contributed by atoms with Gasteiger partial charge in [0.25, 0.3) is 5.69 Å². The number of anilines is 1. The van der Waals surface area contributed by atoms with Crippen molar-refractivity contribution < 1.29 is 14.1 Å². The Balaban J connectivity index is 3.25. The molecule has 5 nitrogen and oxygen atoms in total. The molecule has 0 atom stereocenters. The lowest BCUT2D eigenvalue weighted by molar-refractivity contribution is -0.384. The number of carbonyl (C=O) groups excluding carboxylic acids is 1. The van der Waals surface area contributed by atoms with Crippen molar-refractivity contribution in [1.29, 1.82) is 0 Å². The Bertz CT molecular complexity index is 465. The Morgan fingerprint density at radius 1 is 1.59 bits per heavy atom. The topological polar surface area (TPSA) is 72.2 Å². The Kier molecular flexibility index (Phi) is 4.39. The highest BCUT2D eigenvalue weighted by Gasteiger charge is 2.18. The van der Waals surface area contributed by atoms with Crippen LogP contribution in [-0.4, -0.2) is 16.7 Å². The number of halogens is 2. The minimum atomic E-state index is -0.751. The van der Waals surface area contributed by atoms with Crippen LogP contribution in [0.5, 0.6) is 0 Å². The third-order valence-electron chi connectivity index (χ3n) is 2.04. The molecule has 0 saturated heterocycles. The van der Waals surface area contributed by atoms with E-state index in [4.69, 9.17) is 11.6 Å². The van der Waals surface area contributed by atoms with Gasteiger partial charge in [-0.1, -0.05) is 0 Å². The van der Waals surface area contributed by atoms with E-state index in [1.165, 1.54) is 13.0 Å².